The molecule has 0 fully saturated rings. The molecule has 0 aliphatic carbocycles. The van der Waals surface area contributed by atoms with Gasteiger partial charge in [0.05, 0.1) is 11.2 Å². The van der Waals surface area contributed by atoms with Gasteiger partial charge in [-0.05, 0) is 36.4 Å². The highest BCUT2D eigenvalue weighted by molar-refractivity contribution is 6.19. The van der Waals surface area contributed by atoms with Gasteiger partial charge in [0.25, 0.3) is 0 Å². The van der Waals surface area contributed by atoms with Gasteiger partial charge >= 0.3 is 0 Å². The molecule has 0 amide bonds. The van der Waals surface area contributed by atoms with E-state index >= 15 is 0 Å². The molecule has 23 heavy (non-hydrogen) atoms. The number of nitrogens with zero attached hydrogens (tertiary/aromatic N) is 2. The number of benzene rings is 2. The van der Waals surface area contributed by atoms with Crippen LogP contribution in [-0.4, -0.2) is 9.97 Å². The molecule has 0 N–H and O–H groups in total. The van der Waals surface area contributed by atoms with Crippen molar-refractivity contribution in [3.63, 3.8) is 0 Å². The second-order valence-corrected chi connectivity index (χ2v) is 5.51. The van der Waals surface area contributed by atoms with E-state index < -0.39 is 0 Å². The average molecular weight is 296 g/mol. The minimum Gasteiger partial charge on any atom is -0.455 e. The lowest BCUT2D eigenvalue weighted by Gasteiger charge is -2.01. The quantitative estimate of drug-likeness (QED) is 0.427. The fourth-order valence-corrected chi connectivity index (χ4v) is 3.17. The van der Waals surface area contributed by atoms with Crippen LogP contribution >= 0.6 is 0 Å². The number of furan rings is 1. The Balaban J connectivity index is 1.96. The van der Waals surface area contributed by atoms with Crippen LogP contribution in [0.5, 0.6) is 0 Å². The molecule has 3 nitrogen and oxygen atoms in total. The second-order valence-electron chi connectivity index (χ2n) is 5.51. The van der Waals surface area contributed by atoms with Crippen molar-refractivity contribution >= 4 is 32.8 Å². The van der Waals surface area contributed by atoms with E-state index in [0.717, 1.165) is 44.1 Å². The van der Waals surface area contributed by atoms with E-state index in [4.69, 9.17) is 4.42 Å². The fourth-order valence-electron chi connectivity index (χ4n) is 3.17. The Bertz CT molecular complexity index is 1160. The maximum atomic E-state index is 6.18. The van der Waals surface area contributed by atoms with E-state index in [1.54, 1.807) is 6.20 Å². The van der Waals surface area contributed by atoms with E-state index in [9.17, 15) is 0 Å². The summed E-state index contributed by atoms with van der Waals surface area (Å²) >= 11 is 0. The lowest BCUT2D eigenvalue weighted by atomic mass is 10.0. The van der Waals surface area contributed by atoms with Crippen molar-refractivity contribution in [2.24, 2.45) is 0 Å². The van der Waals surface area contributed by atoms with Crippen LogP contribution in [0.15, 0.2) is 77.5 Å². The molecule has 0 radical (unpaired) electrons. The highest BCUT2D eigenvalue weighted by Gasteiger charge is 2.14. The molecule has 0 aliphatic rings. The minimum absolute atomic E-state index is 0.873. The Morgan fingerprint density at radius 2 is 1.61 bits per heavy atom. The maximum absolute atomic E-state index is 6.18. The fraction of sp³-hybridized carbons (Fsp3) is 0. The Labute approximate surface area is 132 Å². The molecule has 3 heteroatoms. The van der Waals surface area contributed by atoms with E-state index in [1.165, 1.54) is 0 Å². The summed E-state index contributed by atoms with van der Waals surface area (Å²) < 4.78 is 6.18. The van der Waals surface area contributed by atoms with Crippen molar-refractivity contribution in [2.45, 2.75) is 0 Å². The number of fused-ring (bicyclic) bond motifs is 5. The lowest BCUT2D eigenvalue weighted by molar-refractivity contribution is 0.670. The largest absolute Gasteiger partial charge is 0.455 e. The van der Waals surface area contributed by atoms with Gasteiger partial charge in [-0.2, -0.15) is 0 Å². The number of para-hydroxylation sites is 1. The van der Waals surface area contributed by atoms with Gasteiger partial charge in [0.2, 0.25) is 0 Å². The van der Waals surface area contributed by atoms with Crippen molar-refractivity contribution in [2.75, 3.05) is 0 Å². The Kier molecular flexibility index (Phi) is 2.50. The van der Waals surface area contributed by atoms with Crippen LogP contribution in [0.2, 0.25) is 0 Å². The Hall–Kier alpha value is -3.20. The summed E-state index contributed by atoms with van der Waals surface area (Å²) in [7, 11) is 0. The van der Waals surface area contributed by atoms with Gasteiger partial charge < -0.3 is 4.42 Å². The maximum Gasteiger partial charge on any atom is 0.144 e. The Morgan fingerprint density at radius 1 is 0.696 bits per heavy atom. The van der Waals surface area contributed by atoms with Gasteiger partial charge in [-0.15, -0.1) is 0 Å². The molecule has 3 heterocycles. The number of hydrogen-bond acceptors (Lipinski definition) is 3. The molecule has 5 rings (SSSR count). The minimum atomic E-state index is 0.873. The zero-order valence-corrected chi connectivity index (χ0v) is 12.2. The summed E-state index contributed by atoms with van der Waals surface area (Å²) in [5, 5.41) is 3.33. The normalized spacial score (nSPS) is 11.5. The summed E-state index contributed by atoms with van der Waals surface area (Å²) in [6.45, 7) is 0. The van der Waals surface area contributed by atoms with E-state index in [0.29, 0.717) is 0 Å². The molecule has 0 atom stereocenters. The van der Waals surface area contributed by atoms with Crippen LogP contribution in [0, 0.1) is 0 Å². The second kappa shape index (κ2) is 4.65. The standard InChI is InChI=1S/C20H12N2O/c1-2-11-21-16(8-1)14-5-3-6-15-19-13-7-4-12-22-17(13)9-10-18(19)23-20(14)15/h1-12H. The zero-order chi connectivity index (χ0) is 15.2. The van der Waals surface area contributed by atoms with Gasteiger partial charge in [0.15, 0.2) is 0 Å². The summed E-state index contributed by atoms with van der Waals surface area (Å²) in [6, 6.07) is 20.2. The van der Waals surface area contributed by atoms with Gasteiger partial charge in [-0.3, -0.25) is 9.97 Å². The monoisotopic (exact) mass is 296 g/mol. The SMILES string of the molecule is c1ccc(-c2cccc3c2oc2ccc4ncccc4c23)nc1. The molecule has 5 aromatic rings. The molecular formula is C20H12N2O. The first-order valence-corrected chi connectivity index (χ1v) is 7.52. The van der Waals surface area contributed by atoms with Crippen LogP contribution in [0.3, 0.4) is 0 Å². The third-order valence-corrected chi connectivity index (χ3v) is 4.18. The smallest absolute Gasteiger partial charge is 0.144 e. The molecule has 0 bridgehead atoms. The molecule has 0 saturated heterocycles. The van der Waals surface area contributed by atoms with Gasteiger partial charge in [-0.1, -0.05) is 24.3 Å². The van der Waals surface area contributed by atoms with E-state index in [2.05, 4.69) is 28.2 Å². The van der Waals surface area contributed by atoms with Crippen LogP contribution in [0.1, 0.15) is 0 Å². The van der Waals surface area contributed by atoms with Crippen molar-refractivity contribution < 1.29 is 4.42 Å². The first-order chi connectivity index (χ1) is 11.4. The van der Waals surface area contributed by atoms with Gasteiger partial charge in [0, 0.05) is 34.1 Å². The van der Waals surface area contributed by atoms with Gasteiger partial charge in [-0.25, -0.2) is 0 Å². The van der Waals surface area contributed by atoms with Crippen molar-refractivity contribution in [3.05, 3.63) is 73.1 Å². The zero-order valence-electron chi connectivity index (χ0n) is 12.2. The average Bonchev–Trinajstić information content (AvgIpc) is 3.01. The van der Waals surface area contributed by atoms with Crippen LogP contribution < -0.4 is 0 Å². The first kappa shape index (κ1) is 12.4. The molecule has 3 aromatic heterocycles. The molecule has 0 saturated carbocycles. The Morgan fingerprint density at radius 3 is 2.52 bits per heavy atom. The molecule has 0 spiro atoms. The van der Waals surface area contributed by atoms with Crippen molar-refractivity contribution in [3.8, 4) is 11.3 Å². The summed E-state index contributed by atoms with van der Waals surface area (Å²) in [5.41, 5.74) is 4.66. The molecular weight excluding hydrogens is 284 g/mol. The van der Waals surface area contributed by atoms with Gasteiger partial charge in [0.1, 0.15) is 11.2 Å². The van der Waals surface area contributed by atoms with E-state index in [-0.39, 0.29) is 0 Å². The summed E-state index contributed by atoms with van der Waals surface area (Å²) in [5.74, 6) is 0. The summed E-state index contributed by atoms with van der Waals surface area (Å²) in [4.78, 5) is 8.90. The molecule has 0 aliphatic heterocycles. The molecule has 108 valence electrons. The predicted molar refractivity (Wildman–Crippen MR) is 92.3 cm³/mol. The first-order valence-electron chi connectivity index (χ1n) is 7.52. The number of pyridine rings is 2. The van der Waals surface area contributed by atoms with Crippen molar-refractivity contribution in [1.82, 2.24) is 9.97 Å². The highest BCUT2D eigenvalue weighted by Crippen LogP contribution is 2.37. The van der Waals surface area contributed by atoms with Crippen LogP contribution in [0.25, 0.3) is 44.1 Å². The lowest BCUT2D eigenvalue weighted by Crippen LogP contribution is -1.82. The van der Waals surface area contributed by atoms with Crippen LogP contribution in [0.4, 0.5) is 0 Å². The number of aromatic nitrogens is 2. The van der Waals surface area contributed by atoms with Crippen molar-refractivity contribution in [1.29, 1.82) is 0 Å². The number of rotatable bonds is 1. The predicted octanol–water partition coefficient (Wildman–Crippen LogP) is 5.20. The third-order valence-electron chi connectivity index (χ3n) is 4.18. The van der Waals surface area contributed by atoms with Crippen LogP contribution in [-0.2, 0) is 0 Å². The third kappa shape index (κ3) is 1.77. The molecule has 0 unspecified atom stereocenters. The molecule has 2 aromatic carbocycles. The number of hydrogen-bond donors (Lipinski definition) is 0. The topological polar surface area (TPSA) is 38.9 Å². The van der Waals surface area contributed by atoms with E-state index in [1.807, 2.05) is 48.7 Å². The highest BCUT2D eigenvalue weighted by atomic mass is 16.3. The summed E-state index contributed by atoms with van der Waals surface area (Å²) in [6.07, 6.45) is 3.62.